The smallest absolute Gasteiger partial charge is 0.336 e. The maximum Gasteiger partial charge on any atom is 0.336 e. The molecule has 0 unspecified atom stereocenters. The van der Waals surface area contributed by atoms with Crippen molar-refractivity contribution < 1.29 is 13.3 Å². The van der Waals surface area contributed by atoms with E-state index in [1.54, 1.807) is 12.1 Å². The predicted molar refractivity (Wildman–Crippen MR) is 91.0 cm³/mol. The lowest BCUT2D eigenvalue weighted by Gasteiger charge is -2.07. The zero-order valence-corrected chi connectivity index (χ0v) is 13.5. The summed E-state index contributed by atoms with van der Waals surface area (Å²) >= 11 is 1.33. The van der Waals surface area contributed by atoms with E-state index in [-0.39, 0.29) is 5.63 Å². The molecule has 0 saturated heterocycles. The molecule has 0 radical (unpaired) electrons. The Morgan fingerprint density at radius 2 is 1.78 bits per heavy atom. The summed E-state index contributed by atoms with van der Waals surface area (Å²) in [5.41, 5.74) is 1.37. The van der Waals surface area contributed by atoms with E-state index in [4.69, 9.17) is 13.3 Å². The molecule has 1 aromatic heterocycles. The highest BCUT2D eigenvalue weighted by molar-refractivity contribution is 7.94. The molecule has 1 heterocycles. The van der Waals surface area contributed by atoms with Crippen LogP contribution in [0.2, 0.25) is 0 Å². The van der Waals surface area contributed by atoms with E-state index in [1.165, 1.54) is 23.7 Å². The molecule has 0 saturated carbocycles. The molecule has 0 atom stereocenters. The van der Waals surface area contributed by atoms with Crippen LogP contribution in [0.3, 0.4) is 0 Å². The number of benzene rings is 2. The van der Waals surface area contributed by atoms with Gasteiger partial charge in [0.05, 0.1) is 6.61 Å². The summed E-state index contributed by atoms with van der Waals surface area (Å²) in [6.45, 7) is 2.92. The first-order valence-corrected chi connectivity index (χ1v) is 7.98. The fraction of sp³-hybridized carbons (Fsp3) is 0.167. The number of hydrogen-bond donors (Lipinski definition) is 0. The van der Waals surface area contributed by atoms with Crippen LogP contribution in [-0.4, -0.2) is 13.2 Å². The number of fused-ring (bicyclic) bond motifs is 1. The van der Waals surface area contributed by atoms with Gasteiger partial charge in [0, 0.05) is 34.5 Å². The molecule has 0 fully saturated rings. The molecule has 23 heavy (non-hydrogen) atoms. The Labute approximate surface area is 138 Å². The first-order chi connectivity index (χ1) is 11.2. The third kappa shape index (κ3) is 4.37. The van der Waals surface area contributed by atoms with Gasteiger partial charge in [-0.05, 0) is 37.3 Å². The van der Waals surface area contributed by atoms with Gasteiger partial charge in [0.1, 0.15) is 17.9 Å². The van der Waals surface area contributed by atoms with Crippen molar-refractivity contribution in [1.29, 1.82) is 0 Å². The lowest BCUT2D eigenvalue weighted by molar-refractivity contribution is 0.239. The van der Waals surface area contributed by atoms with Crippen LogP contribution in [0.1, 0.15) is 5.56 Å². The number of rotatable bonds is 6. The Morgan fingerprint density at radius 1 is 1.00 bits per heavy atom. The standard InChI is InChI=1S/C18H16O4S/c1-13-2-7-16(8-3-13)23-21-11-10-20-15-6-4-14-5-9-18(19)22-17(14)12-15/h2-9,12H,10-11H2,1H3. The van der Waals surface area contributed by atoms with E-state index < -0.39 is 0 Å². The number of aryl methyl sites for hydroxylation is 1. The van der Waals surface area contributed by atoms with E-state index in [0.717, 1.165) is 10.3 Å². The van der Waals surface area contributed by atoms with Crippen LogP contribution in [0.5, 0.6) is 5.75 Å². The van der Waals surface area contributed by atoms with Crippen molar-refractivity contribution in [3.63, 3.8) is 0 Å². The van der Waals surface area contributed by atoms with Crippen molar-refractivity contribution in [3.8, 4) is 5.75 Å². The molecule has 0 spiro atoms. The van der Waals surface area contributed by atoms with E-state index in [9.17, 15) is 4.79 Å². The normalized spacial score (nSPS) is 10.8. The SMILES string of the molecule is Cc1ccc(SOCCOc2ccc3ccc(=O)oc3c2)cc1. The van der Waals surface area contributed by atoms with Gasteiger partial charge in [0.15, 0.2) is 0 Å². The Kier molecular flexibility index (Phi) is 5.00. The fourth-order valence-electron chi connectivity index (χ4n) is 2.03. The molecule has 2 aromatic carbocycles. The van der Waals surface area contributed by atoms with Gasteiger partial charge in [-0.3, -0.25) is 0 Å². The number of ether oxygens (including phenoxy) is 1. The summed E-state index contributed by atoms with van der Waals surface area (Å²) in [6, 6.07) is 16.7. The first kappa shape index (κ1) is 15.6. The summed E-state index contributed by atoms with van der Waals surface area (Å²) < 4.78 is 16.2. The largest absolute Gasteiger partial charge is 0.491 e. The average molecular weight is 328 g/mol. The van der Waals surface area contributed by atoms with Crippen molar-refractivity contribution in [2.45, 2.75) is 11.8 Å². The van der Waals surface area contributed by atoms with E-state index in [2.05, 4.69) is 6.92 Å². The van der Waals surface area contributed by atoms with Crippen LogP contribution in [-0.2, 0) is 4.18 Å². The van der Waals surface area contributed by atoms with E-state index in [0.29, 0.717) is 24.5 Å². The molecule has 118 valence electrons. The van der Waals surface area contributed by atoms with Crippen LogP contribution in [0.15, 0.2) is 68.7 Å². The molecule has 3 aromatic rings. The molecule has 0 amide bonds. The highest BCUT2D eigenvalue weighted by Crippen LogP contribution is 2.21. The summed E-state index contributed by atoms with van der Waals surface area (Å²) in [4.78, 5) is 12.3. The van der Waals surface area contributed by atoms with Crippen molar-refractivity contribution in [2.75, 3.05) is 13.2 Å². The fourth-order valence-corrected chi connectivity index (χ4v) is 2.56. The molecular weight excluding hydrogens is 312 g/mol. The lowest BCUT2D eigenvalue weighted by Crippen LogP contribution is -2.03. The van der Waals surface area contributed by atoms with Crippen molar-refractivity contribution in [2.24, 2.45) is 0 Å². The van der Waals surface area contributed by atoms with E-state index in [1.807, 2.05) is 36.4 Å². The summed E-state index contributed by atoms with van der Waals surface area (Å²) in [5, 5.41) is 0.864. The molecule has 0 aliphatic heterocycles. The highest BCUT2D eigenvalue weighted by atomic mass is 32.2. The summed E-state index contributed by atoms with van der Waals surface area (Å²) in [5.74, 6) is 0.649. The van der Waals surface area contributed by atoms with Crippen LogP contribution in [0, 0.1) is 6.92 Å². The van der Waals surface area contributed by atoms with Crippen LogP contribution in [0.4, 0.5) is 0 Å². The van der Waals surface area contributed by atoms with Gasteiger partial charge in [0.25, 0.3) is 0 Å². The monoisotopic (exact) mass is 328 g/mol. The molecule has 0 aliphatic carbocycles. The second-order valence-corrected chi connectivity index (χ2v) is 5.89. The zero-order valence-electron chi connectivity index (χ0n) is 12.7. The molecular formula is C18H16O4S. The maximum atomic E-state index is 11.2. The van der Waals surface area contributed by atoms with Crippen molar-refractivity contribution in [1.82, 2.24) is 0 Å². The van der Waals surface area contributed by atoms with Gasteiger partial charge >= 0.3 is 5.63 Å². The average Bonchev–Trinajstić information content (AvgIpc) is 2.56. The Hall–Kier alpha value is -2.24. The third-order valence-electron chi connectivity index (χ3n) is 3.21. The highest BCUT2D eigenvalue weighted by Gasteiger charge is 2.01. The predicted octanol–water partition coefficient (Wildman–Crippen LogP) is 4.20. The Bertz CT molecular complexity index is 840. The lowest BCUT2D eigenvalue weighted by atomic mass is 10.2. The molecule has 4 nitrogen and oxygen atoms in total. The molecule has 3 rings (SSSR count). The van der Waals surface area contributed by atoms with Gasteiger partial charge < -0.3 is 13.3 Å². The summed E-state index contributed by atoms with van der Waals surface area (Å²) in [6.07, 6.45) is 0. The minimum Gasteiger partial charge on any atom is -0.491 e. The third-order valence-corrected chi connectivity index (χ3v) is 3.96. The van der Waals surface area contributed by atoms with Gasteiger partial charge in [-0.15, -0.1) is 0 Å². The Morgan fingerprint density at radius 3 is 2.61 bits per heavy atom. The van der Waals surface area contributed by atoms with Crippen molar-refractivity contribution in [3.05, 3.63) is 70.6 Å². The first-order valence-electron chi connectivity index (χ1n) is 7.23. The maximum absolute atomic E-state index is 11.2. The minimum atomic E-state index is -0.368. The van der Waals surface area contributed by atoms with Gasteiger partial charge in [-0.1, -0.05) is 17.7 Å². The van der Waals surface area contributed by atoms with E-state index >= 15 is 0 Å². The molecule has 5 heteroatoms. The molecule has 0 N–H and O–H groups in total. The zero-order chi connectivity index (χ0) is 16.1. The second-order valence-electron chi connectivity index (χ2n) is 5.02. The molecule has 0 aliphatic rings. The second kappa shape index (κ2) is 7.35. The topological polar surface area (TPSA) is 48.7 Å². The quantitative estimate of drug-likeness (QED) is 0.385. The molecule has 0 bridgehead atoms. The van der Waals surface area contributed by atoms with Gasteiger partial charge in [-0.2, -0.15) is 0 Å². The number of hydrogen-bond acceptors (Lipinski definition) is 5. The van der Waals surface area contributed by atoms with Gasteiger partial charge in [-0.25, -0.2) is 4.79 Å². The van der Waals surface area contributed by atoms with Crippen LogP contribution < -0.4 is 10.4 Å². The summed E-state index contributed by atoms with van der Waals surface area (Å²) in [7, 11) is 0. The van der Waals surface area contributed by atoms with Crippen LogP contribution >= 0.6 is 12.0 Å². The van der Waals surface area contributed by atoms with Gasteiger partial charge in [0.2, 0.25) is 0 Å². The minimum absolute atomic E-state index is 0.368. The Balaban J connectivity index is 1.48. The van der Waals surface area contributed by atoms with Crippen molar-refractivity contribution >= 4 is 23.0 Å². The van der Waals surface area contributed by atoms with Crippen LogP contribution in [0.25, 0.3) is 11.0 Å².